The van der Waals surface area contributed by atoms with Crippen molar-refractivity contribution in [2.75, 3.05) is 23.3 Å². The van der Waals surface area contributed by atoms with E-state index in [0.29, 0.717) is 12.5 Å². The lowest BCUT2D eigenvalue weighted by Crippen LogP contribution is -2.48. The summed E-state index contributed by atoms with van der Waals surface area (Å²) in [5.74, 6) is 0.0434. The molecule has 146 valence electrons. The van der Waals surface area contributed by atoms with Crippen LogP contribution in [-0.4, -0.2) is 36.0 Å². The number of rotatable bonds is 2. The maximum absolute atomic E-state index is 12.2. The van der Waals surface area contributed by atoms with Crippen LogP contribution in [0.2, 0.25) is 0 Å². The Morgan fingerprint density at radius 1 is 0.889 bits per heavy atom. The fourth-order valence-electron chi connectivity index (χ4n) is 5.19. The van der Waals surface area contributed by atoms with E-state index in [2.05, 4.69) is 33.8 Å². The summed E-state index contributed by atoms with van der Waals surface area (Å²) in [5, 5.41) is 3.04. The molecule has 1 amide bonds. The van der Waals surface area contributed by atoms with Crippen molar-refractivity contribution in [2.45, 2.75) is 76.3 Å². The van der Waals surface area contributed by atoms with Gasteiger partial charge in [-0.3, -0.25) is 4.79 Å². The van der Waals surface area contributed by atoms with Gasteiger partial charge in [-0.2, -0.15) is 0 Å². The van der Waals surface area contributed by atoms with Gasteiger partial charge in [-0.25, -0.2) is 0 Å². The standard InChI is InChI=1S/C23H33N3O/c1-18-17-23(27)24-21-11-7-8-12-22(21)26(18)20-13-15-25(16-14-20)19-9-5-3-2-4-6-10-19/h7-8,11-12,19-20H,1-6,9-10,13-17H2,(H,24,27). The van der Waals surface area contributed by atoms with E-state index in [1.807, 2.05) is 12.1 Å². The molecule has 1 aromatic carbocycles. The predicted molar refractivity (Wildman–Crippen MR) is 112 cm³/mol. The normalized spacial score (nSPS) is 23.9. The molecule has 1 aliphatic carbocycles. The summed E-state index contributed by atoms with van der Waals surface area (Å²) in [6, 6.07) is 9.39. The zero-order chi connectivity index (χ0) is 18.6. The molecule has 4 nitrogen and oxygen atoms in total. The molecule has 0 aromatic heterocycles. The molecule has 4 rings (SSSR count). The fourth-order valence-corrected chi connectivity index (χ4v) is 5.19. The van der Waals surface area contributed by atoms with Gasteiger partial charge in [0.25, 0.3) is 0 Å². The number of benzene rings is 1. The zero-order valence-corrected chi connectivity index (χ0v) is 16.5. The second-order valence-corrected chi connectivity index (χ2v) is 8.44. The first-order chi connectivity index (χ1) is 13.2. The van der Waals surface area contributed by atoms with Gasteiger partial charge in [-0.05, 0) is 37.8 Å². The van der Waals surface area contributed by atoms with Crippen LogP contribution in [0.15, 0.2) is 36.5 Å². The fraction of sp³-hybridized carbons (Fsp3) is 0.609. The van der Waals surface area contributed by atoms with Crippen molar-refractivity contribution in [2.24, 2.45) is 0 Å². The van der Waals surface area contributed by atoms with Crippen molar-refractivity contribution < 1.29 is 4.79 Å². The second-order valence-electron chi connectivity index (χ2n) is 8.44. The third-order valence-corrected chi connectivity index (χ3v) is 6.60. The summed E-state index contributed by atoms with van der Waals surface area (Å²) in [5.41, 5.74) is 2.96. The van der Waals surface area contributed by atoms with Gasteiger partial charge in [0.05, 0.1) is 17.8 Å². The molecular weight excluding hydrogens is 334 g/mol. The number of amides is 1. The number of anilines is 2. The van der Waals surface area contributed by atoms with Crippen molar-refractivity contribution in [3.63, 3.8) is 0 Å². The number of nitrogens with one attached hydrogen (secondary N) is 1. The van der Waals surface area contributed by atoms with E-state index in [9.17, 15) is 4.79 Å². The van der Waals surface area contributed by atoms with Crippen LogP contribution in [0, 0.1) is 0 Å². The average Bonchev–Trinajstić information content (AvgIpc) is 2.76. The zero-order valence-electron chi connectivity index (χ0n) is 16.5. The van der Waals surface area contributed by atoms with E-state index in [-0.39, 0.29) is 5.91 Å². The molecule has 1 saturated heterocycles. The number of piperidine rings is 1. The number of fused-ring (bicyclic) bond motifs is 1. The Hall–Kier alpha value is -1.81. The van der Waals surface area contributed by atoms with E-state index in [0.717, 1.165) is 36.0 Å². The molecule has 27 heavy (non-hydrogen) atoms. The van der Waals surface area contributed by atoms with Crippen molar-refractivity contribution in [3.05, 3.63) is 36.5 Å². The van der Waals surface area contributed by atoms with Crippen LogP contribution < -0.4 is 10.2 Å². The van der Waals surface area contributed by atoms with E-state index < -0.39 is 0 Å². The van der Waals surface area contributed by atoms with Crippen LogP contribution in [-0.2, 0) is 4.79 Å². The Morgan fingerprint density at radius 3 is 2.30 bits per heavy atom. The number of likely N-dealkylation sites (tertiary alicyclic amines) is 1. The molecule has 0 unspecified atom stereocenters. The Kier molecular flexibility index (Phi) is 5.82. The molecule has 4 heteroatoms. The summed E-state index contributed by atoms with van der Waals surface area (Å²) in [6.45, 7) is 6.60. The van der Waals surface area contributed by atoms with Gasteiger partial charge in [0.15, 0.2) is 0 Å². The van der Waals surface area contributed by atoms with Crippen LogP contribution in [0.1, 0.15) is 64.2 Å². The minimum Gasteiger partial charge on any atom is -0.340 e. The highest BCUT2D eigenvalue weighted by Crippen LogP contribution is 2.37. The van der Waals surface area contributed by atoms with Gasteiger partial charge in [0.2, 0.25) is 5.91 Å². The minimum absolute atomic E-state index is 0.0434. The molecule has 0 spiro atoms. The molecule has 0 bridgehead atoms. The lowest BCUT2D eigenvalue weighted by atomic mass is 9.93. The number of hydrogen-bond donors (Lipinski definition) is 1. The van der Waals surface area contributed by atoms with Gasteiger partial charge in [0, 0.05) is 30.9 Å². The molecular formula is C23H33N3O. The third-order valence-electron chi connectivity index (χ3n) is 6.60. The highest BCUT2D eigenvalue weighted by molar-refractivity contribution is 5.98. The summed E-state index contributed by atoms with van der Waals surface area (Å²) in [7, 11) is 0. The lowest BCUT2D eigenvalue weighted by molar-refractivity contribution is -0.115. The Balaban J connectivity index is 1.45. The van der Waals surface area contributed by atoms with Crippen molar-refractivity contribution in [1.29, 1.82) is 0 Å². The maximum atomic E-state index is 12.2. The second kappa shape index (κ2) is 8.47. The maximum Gasteiger partial charge on any atom is 0.230 e. The van der Waals surface area contributed by atoms with Crippen LogP contribution in [0.5, 0.6) is 0 Å². The molecule has 0 radical (unpaired) electrons. The first-order valence-corrected chi connectivity index (χ1v) is 10.8. The van der Waals surface area contributed by atoms with Gasteiger partial charge in [-0.1, -0.05) is 50.8 Å². The Morgan fingerprint density at radius 2 is 1.56 bits per heavy atom. The van der Waals surface area contributed by atoms with Crippen LogP contribution >= 0.6 is 0 Å². The minimum atomic E-state index is 0.0434. The molecule has 2 heterocycles. The number of carbonyl (C=O) groups is 1. The molecule has 1 saturated carbocycles. The Bertz CT molecular complexity index is 670. The van der Waals surface area contributed by atoms with Gasteiger partial charge in [0.1, 0.15) is 0 Å². The molecule has 1 aromatic rings. The highest BCUT2D eigenvalue weighted by Gasteiger charge is 2.32. The van der Waals surface area contributed by atoms with Gasteiger partial charge >= 0.3 is 0 Å². The van der Waals surface area contributed by atoms with Crippen molar-refractivity contribution in [3.8, 4) is 0 Å². The Labute approximate surface area is 163 Å². The largest absolute Gasteiger partial charge is 0.340 e. The van der Waals surface area contributed by atoms with E-state index in [1.165, 1.54) is 58.0 Å². The van der Waals surface area contributed by atoms with Crippen LogP contribution in [0.3, 0.4) is 0 Å². The molecule has 2 fully saturated rings. The third kappa shape index (κ3) is 4.21. The number of para-hydroxylation sites is 2. The smallest absolute Gasteiger partial charge is 0.230 e. The first-order valence-electron chi connectivity index (χ1n) is 10.8. The van der Waals surface area contributed by atoms with Crippen LogP contribution in [0.25, 0.3) is 0 Å². The van der Waals surface area contributed by atoms with Gasteiger partial charge < -0.3 is 15.1 Å². The number of hydrogen-bond acceptors (Lipinski definition) is 3. The molecule has 1 N–H and O–H groups in total. The van der Waals surface area contributed by atoms with Crippen molar-refractivity contribution >= 4 is 17.3 Å². The monoisotopic (exact) mass is 367 g/mol. The first kappa shape index (κ1) is 18.5. The SMILES string of the molecule is C=C1CC(=O)Nc2ccccc2N1C1CCN(C2CCCCCCC2)CC1. The highest BCUT2D eigenvalue weighted by atomic mass is 16.1. The quantitative estimate of drug-likeness (QED) is 0.805. The lowest BCUT2D eigenvalue weighted by Gasteiger charge is -2.43. The summed E-state index contributed by atoms with van der Waals surface area (Å²) < 4.78 is 0. The predicted octanol–water partition coefficient (Wildman–Crippen LogP) is 4.93. The van der Waals surface area contributed by atoms with E-state index in [4.69, 9.17) is 0 Å². The van der Waals surface area contributed by atoms with E-state index >= 15 is 0 Å². The van der Waals surface area contributed by atoms with E-state index in [1.54, 1.807) is 0 Å². The summed E-state index contributed by atoms with van der Waals surface area (Å²) >= 11 is 0. The molecule has 0 atom stereocenters. The molecule has 3 aliphatic rings. The summed E-state index contributed by atoms with van der Waals surface area (Å²) in [6.07, 6.45) is 12.5. The number of carbonyl (C=O) groups excluding carboxylic acids is 1. The summed E-state index contributed by atoms with van der Waals surface area (Å²) in [4.78, 5) is 17.3. The van der Waals surface area contributed by atoms with Crippen LogP contribution in [0.4, 0.5) is 11.4 Å². The topological polar surface area (TPSA) is 35.6 Å². The average molecular weight is 368 g/mol. The van der Waals surface area contributed by atoms with Gasteiger partial charge in [-0.15, -0.1) is 0 Å². The van der Waals surface area contributed by atoms with Crippen molar-refractivity contribution in [1.82, 2.24) is 4.90 Å². The molecule has 2 aliphatic heterocycles. The number of nitrogens with zero attached hydrogens (tertiary/aromatic N) is 2.